The molecule has 4 rings (SSSR count). The number of pyridine rings is 1. The molecule has 3 aromatic rings. The predicted octanol–water partition coefficient (Wildman–Crippen LogP) is 2.92. The first-order valence-corrected chi connectivity index (χ1v) is 15.3. The van der Waals surface area contributed by atoms with E-state index in [1.54, 1.807) is 87.7 Å². The predicted molar refractivity (Wildman–Crippen MR) is 159 cm³/mol. The number of likely N-dealkylation sites (N-methyl/N-ethyl adjacent to an activating group) is 1. The number of ether oxygens (including phenoxy) is 1. The number of aromatic nitrogens is 1. The van der Waals surface area contributed by atoms with Crippen LogP contribution in [0.3, 0.4) is 0 Å². The first kappa shape index (κ1) is 31.1. The Morgan fingerprint density at radius 1 is 1.07 bits per heavy atom. The number of carbonyl (C=O) groups excluding carboxylic acids is 2. The number of aliphatic hydroxyl groups excluding tert-OH is 1. The first-order valence-electron chi connectivity index (χ1n) is 13.8. The van der Waals surface area contributed by atoms with Gasteiger partial charge in [0.25, 0.3) is 5.91 Å². The van der Waals surface area contributed by atoms with E-state index in [2.05, 4.69) is 4.98 Å². The number of fused-ring (bicyclic) bond motifs is 1. The van der Waals surface area contributed by atoms with Crippen LogP contribution in [-0.4, -0.2) is 97.4 Å². The van der Waals surface area contributed by atoms with Gasteiger partial charge in [-0.2, -0.15) is 4.31 Å². The van der Waals surface area contributed by atoms with Crippen LogP contribution < -0.4 is 4.74 Å². The molecular weight excluding hydrogens is 556 g/mol. The van der Waals surface area contributed by atoms with Gasteiger partial charge in [-0.15, -0.1) is 0 Å². The third-order valence-electron chi connectivity index (χ3n) is 7.48. The Balaban J connectivity index is 1.69. The topological polar surface area (TPSA) is 120 Å². The summed E-state index contributed by atoms with van der Waals surface area (Å²) in [5.74, 6) is -0.405. The van der Waals surface area contributed by atoms with Crippen LogP contribution in [-0.2, 0) is 21.2 Å². The van der Waals surface area contributed by atoms with E-state index in [-0.39, 0.29) is 54.5 Å². The average molecular weight is 595 g/mol. The molecule has 10 nitrogen and oxygen atoms in total. The molecule has 2 aromatic carbocycles. The van der Waals surface area contributed by atoms with E-state index in [4.69, 9.17) is 4.74 Å². The molecule has 0 unspecified atom stereocenters. The molecule has 3 atom stereocenters. The van der Waals surface area contributed by atoms with Gasteiger partial charge in [0.15, 0.2) is 0 Å². The van der Waals surface area contributed by atoms with Crippen LogP contribution in [0.25, 0.3) is 11.1 Å². The van der Waals surface area contributed by atoms with E-state index >= 15 is 0 Å². The van der Waals surface area contributed by atoms with Gasteiger partial charge in [-0.3, -0.25) is 14.6 Å². The second-order valence-electron chi connectivity index (χ2n) is 11.0. The molecule has 2 amide bonds. The molecule has 224 valence electrons. The van der Waals surface area contributed by atoms with Gasteiger partial charge in [0.2, 0.25) is 15.9 Å². The van der Waals surface area contributed by atoms with E-state index in [1.165, 1.54) is 15.3 Å². The molecule has 11 heteroatoms. The smallest absolute Gasteiger partial charge is 0.253 e. The van der Waals surface area contributed by atoms with Gasteiger partial charge in [0.05, 0.1) is 19.6 Å². The van der Waals surface area contributed by atoms with Crippen molar-refractivity contribution in [1.82, 2.24) is 19.1 Å². The van der Waals surface area contributed by atoms with Gasteiger partial charge >= 0.3 is 0 Å². The second-order valence-corrected chi connectivity index (χ2v) is 12.8. The van der Waals surface area contributed by atoms with E-state index < -0.39 is 22.2 Å². The third-order valence-corrected chi connectivity index (χ3v) is 9.50. The minimum Gasteiger partial charge on any atom is -0.487 e. The van der Waals surface area contributed by atoms with E-state index in [1.807, 2.05) is 13.0 Å². The normalized spacial score (nSPS) is 19.0. The molecule has 0 saturated heterocycles. The quantitative estimate of drug-likeness (QED) is 0.426. The lowest BCUT2D eigenvalue weighted by Gasteiger charge is -2.37. The highest BCUT2D eigenvalue weighted by molar-refractivity contribution is 7.89. The number of carbonyl (C=O) groups is 2. The number of nitrogens with zero attached hydrogens (tertiary/aromatic N) is 4. The summed E-state index contributed by atoms with van der Waals surface area (Å²) in [7, 11) is 1.05. The van der Waals surface area contributed by atoms with Gasteiger partial charge in [-0.05, 0) is 54.4 Å². The zero-order valence-electron chi connectivity index (χ0n) is 24.6. The average Bonchev–Trinajstić information content (AvgIpc) is 2.98. The molecule has 0 bridgehead atoms. The minimum absolute atomic E-state index is 0.00896. The maximum absolute atomic E-state index is 13.8. The van der Waals surface area contributed by atoms with Crippen LogP contribution in [0.4, 0.5) is 0 Å². The van der Waals surface area contributed by atoms with E-state index in [0.717, 1.165) is 5.56 Å². The largest absolute Gasteiger partial charge is 0.487 e. The van der Waals surface area contributed by atoms with Crippen LogP contribution >= 0.6 is 0 Å². The van der Waals surface area contributed by atoms with Crippen molar-refractivity contribution < 1.29 is 27.9 Å². The molecule has 1 aliphatic rings. The summed E-state index contributed by atoms with van der Waals surface area (Å²) in [4.78, 5) is 32.7. The third kappa shape index (κ3) is 6.80. The maximum atomic E-state index is 13.8. The Morgan fingerprint density at radius 3 is 2.38 bits per heavy atom. The van der Waals surface area contributed by atoms with Gasteiger partial charge in [-0.25, -0.2) is 8.42 Å². The highest BCUT2D eigenvalue weighted by atomic mass is 32.2. The highest BCUT2D eigenvalue weighted by Crippen LogP contribution is 2.36. The lowest BCUT2D eigenvalue weighted by atomic mass is 10.0. The summed E-state index contributed by atoms with van der Waals surface area (Å²) in [5, 5.41) is 9.91. The molecule has 0 saturated carbocycles. The van der Waals surface area contributed by atoms with Crippen molar-refractivity contribution in [2.75, 3.05) is 40.8 Å². The van der Waals surface area contributed by atoms with E-state index in [0.29, 0.717) is 16.8 Å². The SMILES string of the molecule is C[C@@H]1CN([C@@H](C)CO)S(=O)(=O)c2ccc(-c3ccc(C(=O)N(C)C)cc3)cc2O[C@@H]1CN(C)C(=O)Cc1ccccn1. The van der Waals surface area contributed by atoms with Gasteiger partial charge in [0, 0.05) is 57.1 Å². The maximum Gasteiger partial charge on any atom is 0.253 e. The number of aliphatic hydroxyl groups is 1. The monoisotopic (exact) mass is 594 g/mol. The summed E-state index contributed by atoms with van der Waals surface area (Å²) >= 11 is 0. The Labute approximate surface area is 247 Å². The number of rotatable bonds is 8. The molecule has 1 aromatic heterocycles. The van der Waals surface area contributed by atoms with Crippen molar-refractivity contribution in [1.29, 1.82) is 0 Å². The summed E-state index contributed by atoms with van der Waals surface area (Å²) in [6.07, 6.45) is 1.23. The number of amides is 2. The number of hydrogen-bond donors (Lipinski definition) is 1. The number of hydrogen-bond acceptors (Lipinski definition) is 7. The van der Waals surface area contributed by atoms with Gasteiger partial charge in [-0.1, -0.05) is 31.2 Å². The van der Waals surface area contributed by atoms with Crippen molar-refractivity contribution in [3.8, 4) is 16.9 Å². The number of benzene rings is 2. The standard InChI is InChI=1S/C31H38N4O6S/c1-21-18-35(22(2)20-36)42(39,40)29-14-13-25(23-9-11-24(12-10-23)31(38)33(3)4)16-27(29)41-28(21)19-34(5)30(37)17-26-8-6-7-15-32-26/h6-16,21-22,28,36H,17-20H2,1-5H3/t21-,22+,28-/m1/s1. The Bertz CT molecular complexity index is 1510. The van der Waals surface area contributed by atoms with Crippen molar-refractivity contribution >= 4 is 21.8 Å². The molecule has 0 fully saturated rings. The van der Waals surface area contributed by atoms with Crippen LogP contribution in [0.1, 0.15) is 29.9 Å². The molecule has 42 heavy (non-hydrogen) atoms. The Kier molecular flexibility index (Phi) is 9.65. The van der Waals surface area contributed by atoms with Crippen molar-refractivity contribution in [2.45, 2.75) is 37.3 Å². The molecule has 1 N–H and O–H groups in total. The fourth-order valence-corrected chi connectivity index (χ4v) is 6.68. The molecule has 0 aliphatic carbocycles. The molecule has 0 radical (unpaired) electrons. The lowest BCUT2D eigenvalue weighted by Crippen LogP contribution is -2.50. The van der Waals surface area contributed by atoms with Crippen LogP contribution in [0.5, 0.6) is 5.75 Å². The Morgan fingerprint density at radius 2 is 1.76 bits per heavy atom. The summed E-state index contributed by atoms with van der Waals surface area (Å²) in [5.41, 5.74) is 2.68. The molecule has 1 aliphatic heterocycles. The van der Waals surface area contributed by atoms with Gasteiger partial charge in [0.1, 0.15) is 16.7 Å². The Hall–Kier alpha value is -3.80. The first-order chi connectivity index (χ1) is 19.9. The van der Waals surface area contributed by atoms with Crippen molar-refractivity contribution in [3.05, 3.63) is 78.1 Å². The van der Waals surface area contributed by atoms with E-state index in [9.17, 15) is 23.1 Å². The summed E-state index contributed by atoms with van der Waals surface area (Å²) in [6, 6.07) is 16.7. The summed E-state index contributed by atoms with van der Waals surface area (Å²) < 4.78 is 35.4. The molecular formula is C31H38N4O6S. The lowest BCUT2D eigenvalue weighted by molar-refractivity contribution is -0.130. The van der Waals surface area contributed by atoms with Gasteiger partial charge < -0.3 is 19.6 Å². The fourth-order valence-electron chi connectivity index (χ4n) is 4.85. The second kappa shape index (κ2) is 13.0. The number of sulfonamides is 1. The van der Waals surface area contributed by atoms with Crippen LogP contribution in [0.15, 0.2) is 71.8 Å². The fraction of sp³-hybridized carbons (Fsp3) is 0.387. The minimum atomic E-state index is -4.01. The highest BCUT2D eigenvalue weighted by Gasteiger charge is 2.38. The van der Waals surface area contributed by atoms with Crippen molar-refractivity contribution in [3.63, 3.8) is 0 Å². The van der Waals surface area contributed by atoms with Crippen LogP contribution in [0, 0.1) is 5.92 Å². The molecule has 0 spiro atoms. The van der Waals surface area contributed by atoms with Crippen LogP contribution in [0.2, 0.25) is 0 Å². The zero-order valence-corrected chi connectivity index (χ0v) is 25.4. The zero-order chi connectivity index (χ0) is 30.6. The van der Waals surface area contributed by atoms with Crippen molar-refractivity contribution in [2.24, 2.45) is 5.92 Å². The summed E-state index contributed by atoms with van der Waals surface area (Å²) in [6.45, 7) is 3.53. The molecule has 2 heterocycles.